The van der Waals surface area contributed by atoms with Crippen LogP contribution in [0, 0.1) is 0 Å². The van der Waals surface area contributed by atoms with E-state index in [1.807, 2.05) is 30.3 Å². The SMILES string of the molecule is O=C([O-])COCCOCCOCCOCCOCCNC(=O)OCc1ccccc1. The molecule has 0 radical (unpaired) electrons. The number of carboxylic acids is 1. The van der Waals surface area contributed by atoms with E-state index in [-0.39, 0.29) is 13.2 Å². The van der Waals surface area contributed by atoms with E-state index in [1.165, 1.54) is 0 Å². The fraction of sp³-hybridized carbons (Fsp3) is 0.600. The lowest BCUT2D eigenvalue weighted by molar-refractivity contribution is -0.309. The van der Waals surface area contributed by atoms with Gasteiger partial charge < -0.3 is 43.6 Å². The van der Waals surface area contributed by atoms with Gasteiger partial charge in [-0.05, 0) is 5.56 Å². The maximum atomic E-state index is 11.5. The number of rotatable bonds is 19. The van der Waals surface area contributed by atoms with Gasteiger partial charge in [-0.3, -0.25) is 0 Å². The highest BCUT2D eigenvalue weighted by atomic mass is 16.6. The molecule has 0 fully saturated rings. The molecule has 0 saturated heterocycles. The zero-order valence-corrected chi connectivity index (χ0v) is 17.0. The van der Waals surface area contributed by atoms with Crippen molar-refractivity contribution < 1.29 is 43.1 Å². The Hall–Kier alpha value is -2.24. The third-order valence-corrected chi connectivity index (χ3v) is 3.44. The summed E-state index contributed by atoms with van der Waals surface area (Å²) in [7, 11) is 0. The van der Waals surface area contributed by atoms with Gasteiger partial charge in [0.15, 0.2) is 0 Å². The topological polar surface area (TPSA) is 125 Å². The Morgan fingerprint density at radius 2 is 1.23 bits per heavy atom. The van der Waals surface area contributed by atoms with Gasteiger partial charge in [-0.25, -0.2) is 4.79 Å². The van der Waals surface area contributed by atoms with Crippen molar-refractivity contribution in [1.82, 2.24) is 5.32 Å². The number of ether oxygens (including phenoxy) is 6. The first-order valence-corrected chi connectivity index (χ1v) is 9.71. The van der Waals surface area contributed by atoms with Crippen LogP contribution in [0.2, 0.25) is 0 Å². The molecule has 0 aliphatic heterocycles. The van der Waals surface area contributed by atoms with Gasteiger partial charge in [0.05, 0.1) is 72.0 Å². The van der Waals surface area contributed by atoms with Crippen molar-refractivity contribution in [2.45, 2.75) is 6.61 Å². The molecule has 10 nitrogen and oxygen atoms in total. The molecule has 0 atom stereocenters. The second-order valence-corrected chi connectivity index (χ2v) is 5.86. The summed E-state index contributed by atoms with van der Waals surface area (Å²) in [5, 5.41) is 12.7. The number of hydrogen-bond acceptors (Lipinski definition) is 9. The van der Waals surface area contributed by atoms with Crippen LogP contribution in [0.3, 0.4) is 0 Å². The number of carboxylic acid groups (broad SMARTS) is 1. The van der Waals surface area contributed by atoms with Crippen LogP contribution in [0.5, 0.6) is 0 Å². The fourth-order valence-corrected chi connectivity index (χ4v) is 2.03. The van der Waals surface area contributed by atoms with E-state index < -0.39 is 18.7 Å². The van der Waals surface area contributed by atoms with E-state index in [9.17, 15) is 14.7 Å². The summed E-state index contributed by atoms with van der Waals surface area (Å²) in [6, 6.07) is 9.44. The largest absolute Gasteiger partial charge is 0.548 e. The Kier molecular flexibility index (Phi) is 16.1. The van der Waals surface area contributed by atoms with Gasteiger partial charge in [0.2, 0.25) is 0 Å². The predicted octanol–water partition coefficient (Wildman–Crippen LogP) is -0.254. The van der Waals surface area contributed by atoms with E-state index in [4.69, 9.17) is 28.4 Å². The summed E-state index contributed by atoms with van der Waals surface area (Å²) in [5.74, 6) is -1.25. The van der Waals surface area contributed by atoms with Crippen LogP contribution in [-0.2, 0) is 39.8 Å². The molecule has 1 aromatic carbocycles. The van der Waals surface area contributed by atoms with Crippen LogP contribution in [0.25, 0.3) is 0 Å². The number of carbonyl (C=O) groups excluding carboxylic acids is 2. The van der Waals surface area contributed by atoms with Crippen LogP contribution in [-0.4, -0.2) is 84.7 Å². The normalized spacial score (nSPS) is 10.7. The average molecular weight is 428 g/mol. The van der Waals surface area contributed by atoms with E-state index in [2.05, 4.69) is 5.32 Å². The third kappa shape index (κ3) is 16.7. The van der Waals surface area contributed by atoms with E-state index in [1.54, 1.807) is 0 Å². The number of hydrogen-bond donors (Lipinski definition) is 1. The van der Waals surface area contributed by atoms with Gasteiger partial charge in [-0.15, -0.1) is 0 Å². The summed E-state index contributed by atoms with van der Waals surface area (Å²) in [5.41, 5.74) is 0.929. The molecule has 1 N–H and O–H groups in total. The summed E-state index contributed by atoms with van der Waals surface area (Å²) < 4.78 is 31.0. The van der Waals surface area contributed by atoms with Crippen molar-refractivity contribution in [1.29, 1.82) is 0 Å². The van der Waals surface area contributed by atoms with E-state index in [0.29, 0.717) is 59.4 Å². The zero-order valence-electron chi connectivity index (χ0n) is 17.0. The fourth-order valence-electron chi connectivity index (χ4n) is 2.03. The lowest BCUT2D eigenvalue weighted by Gasteiger charge is -2.09. The highest BCUT2D eigenvalue weighted by molar-refractivity contribution is 5.67. The second-order valence-electron chi connectivity index (χ2n) is 5.86. The summed E-state index contributed by atoms with van der Waals surface area (Å²) in [6.45, 7) is 3.51. The predicted molar refractivity (Wildman–Crippen MR) is 104 cm³/mol. The van der Waals surface area contributed by atoms with Crippen molar-refractivity contribution >= 4 is 12.1 Å². The number of carbonyl (C=O) groups is 2. The smallest absolute Gasteiger partial charge is 0.407 e. The molecule has 0 bridgehead atoms. The molecule has 0 saturated carbocycles. The maximum Gasteiger partial charge on any atom is 0.407 e. The minimum atomic E-state index is -1.25. The number of benzene rings is 1. The first-order chi connectivity index (χ1) is 14.7. The molecule has 30 heavy (non-hydrogen) atoms. The Labute approximate surface area is 176 Å². The van der Waals surface area contributed by atoms with Crippen LogP contribution in [0.15, 0.2) is 30.3 Å². The Bertz CT molecular complexity index is 556. The number of alkyl carbamates (subject to hydrolysis) is 1. The van der Waals surface area contributed by atoms with Crippen molar-refractivity contribution in [3.63, 3.8) is 0 Å². The first-order valence-electron chi connectivity index (χ1n) is 9.71. The van der Waals surface area contributed by atoms with Crippen molar-refractivity contribution in [2.24, 2.45) is 0 Å². The molecule has 0 spiro atoms. The monoisotopic (exact) mass is 428 g/mol. The number of aliphatic carboxylic acids is 1. The molecule has 0 aromatic heterocycles. The van der Waals surface area contributed by atoms with Crippen molar-refractivity contribution in [2.75, 3.05) is 72.6 Å². The zero-order chi connectivity index (χ0) is 21.7. The van der Waals surface area contributed by atoms with Crippen LogP contribution < -0.4 is 10.4 Å². The van der Waals surface area contributed by atoms with E-state index in [0.717, 1.165) is 5.56 Å². The highest BCUT2D eigenvalue weighted by Crippen LogP contribution is 2.00. The molecule has 170 valence electrons. The van der Waals surface area contributed by atoms with Crippen LogP contribution in [0.1, 0.15) is 5.56 Å². The first kappa shape index (κ1) is 25.8. The van der Waals surface area contributed by atoms with Gasteiger partial charge in [0.1, 0.15) is 6.61 Å². The Morgan fingerprint density at radius 1 is 0.733 bits per heavy atom. The summed E-state index contributed by atoms with van der Waals surface area (Å²) in [4.78, 5) is 21.6. The average Bonchev–Trinajstić information content (AvgIpc) is 2.75. The molecule has 0 aliphatic carbocycles. The number of nitrogens with one attached hydrogen (secondary N) is 1. The highest BCUT2D eigenvalue weighted by Gasteiger charge is 2.01. The quantitative estimate of drug-likeness (QED) is 0.297. The molecular weight excluding hydrogens is 398 g/mol. The van der Waals surface area contributed by atoms with Gasteiger partial charge in [0, 0.05) is 6.54 Å². The molecule has 0 unspecified atom stereocenters. The minimum absolute atomic E-state index is 0.196. The Morgan fingerprint density at radius 3 is 1.77 bits per heavy atom. The lowest BCUT2D eigenvalue weighted by Crippen LogP contribution is -2.28. The molecule has 0 heterocycles. The van der Waals surface area contributed by atoms with Crippen molar-refractivity contribution in [3.8, 4) is 0 Å². The van der Waals surface area contributed by atoms with E-state index >= 15 is 0 Å². The molecular formula is C20H30NO9-. The molecule has 0 aliphatic rings. The lowest BCUT2D eigenvalue weighted by atomic mass is 10.2. The Balaban J connectivity index is 1.74. The molecule has 1 rings (SSSR count). The van der Waals surface area contributed by atoms with Gasteiger partial charge >= 0.3 is 6.09 Å². The summed E-state index contributed by atoms with van der Waals surface area (Å²) in [6.07, 6.45) is -0.482. The maximum absolute atomic E-state index is 11.5. The standard InChI is InChI=1S/C20H31NO9/c22-19(23)17-29-15-14-28-13-12-27-11-10-26-9-8-25-7-6-21-20(24)30-16-18-4-2-1-3-5-18/h1-5H,6-17H2,(H,21,24)(H,22,23)/p-1. The molecule has 1 amide bonds. The van der Waals surface area contributed by atoms with Crippen LogP contribution in [0.4, 0.5) is 4.79 Å². The van der Waals surface area contributed by atoms with Crippen molar-refractivity contribution in [3.05, 3.63) is 35.9 Å². The summed E-state index contributed by atoms with van der Waals surface area (Å²) >= 11 is 0. The molecule has 10 heteroatoms. The van der Waals surface area contributed by atoms with Gasteiger partial charge in [-0.2, -0.15) is 0 Å². The minimum Gasteiger partial charge on any atom is -0.548 e. The van der Waals surface area contributed by atoms with Crippen LogP contribution >= 0.6 is 0 Å². The van der Waals surface area contributed by atoms with Gasteiger partial charge in [0.25, 0.3) is 0 Å². The number of amides is 1. The third-order valence-electron chi connectivity index (χ3n) is 3.44. The second kappa shape index (κ2) is 18.8. The van der Waals surface area contributed by atoms with Gasteiger partial charge in [-0.1, -0.05) is 30.3 Å². The molecule has 1 aromatic rings.